The molecule has 37 heavy (non-hydrogen) atoms. The summed E-state index contributed by atoms with van der Waals surface area (Å²) in [4.78, 5) is 56.8. The average molecular weight is 506 g/mol. The summed E-state index contributed by atoms with van der Waals surface area (Å²) in [6.07, 6.45) is 2.33. The molecule has 5 atom stereocenters. The molecular weight excluding hydrogens is 481 g/mol. The maximum absolute atomic E-state index is 14.7. The minimum atomic E-state index is -1.27. The normalized spacial score (nSPS) is 29.7. The quantitative estimate of drug-likeness (QED) is 0.466. The summed E-state index contributed by atoms with van der Waals surface area (Å²) in [5.41, 5.74) is 4.35. The molecule has 1 aromatic carbocycles. The molecule has 0 spiro atoms. The number of benzene rings is 1. The molecule has 10 nitrogen and oxygen atoms in total. The second-order valence-corrected chi connectivity index (χ2v) is 10.2. The first kappa shape index (κ1) is 23.3. The number of carbonyl (C=O) groups is 4. The third-order valence-corrected chi connectivity index (χ3v) is 8.46. The van der Waals surface area contributed by atoms with Crippen molar-refractivity contribution in [3.63, 3.8) is 0 Å². The number of aliphatic carboxylic acids is 1. The van der Waals surface area contributed by atoms with Gasteiger partial charge in [-0.15, -0.1) is 0 Å². The number of likely N-dealkylation sites (tertiary alicyclic amines) is 1. The molecule has 0 unspecified atom stereocenters. The van der Waals surface area contributed by atoms with Crippen molar-refractivity contribution in [1.82, 2.24) is 19.7 Å². The predicted molar refractivity (Wildman–Crippen MR) is 127 cm³/mol. The number of rotatable bonds is 7. The number of Topliss-reactive ketones (excluding diaryl/α,β-unsaturated/α-hetero) is 1. The maximum atomic E-state index is 14.7. The van der Waals surface area contributed by atoms with Crippen LogP contribution in [-0.2, 0) is 20.9 Å². The van der Waals surface area contributed by atoms with Gasteiger partial charge in [0.25, 0.3) is 0 Å². The van der Waals surface area contributed by atoms with E-state index in [1.54, 1.807) is 30.3 Å². The highest BCUT2D eigenvalue weighted by molar-refractivity contribution is 6.04. The maximum Gasteiger partial charge on any atom is 0.326 e. The van der Waals surface area contributed by atoms with Crippen molar-refractivity contribution in [3.05, 3.63) is 59.7 Å². The molecule has 3 fully saturated rings. The number of ketones is 1. The van der Waals surface area contributed by atoms with Crippen molar-refractivity contribution < 1.29 is 28.7 Å². The second kappa shape index (κ2) is 7.67. The molecule has 3 N–H and O–H groups in total. The molecule has 3 aromatic rings. The Morgan fingerprint density at radius 3 is 2.59 bits per heavy atom. The van der Waals surface area contributed by atoms with E-state index in [4.69, 9.17) is 5.73 Å². The van der Waals surface area contributed by atoms with Crippen LogP contribution in [0.25, 0.3) is 11.0 Å². The highest BCUT2D eigenvalue weighted by Crippen LogP contribution is 2.79. The van der Waals surface area contributed by atoms with E-state index >= 15 is 0 Å². The smallest absolute Gasteiger partial charge is 0.326 e. The number of piperidine rings is 1. The van der Waals surface area contributed by atoms with E-state index in [1.165, 1.54) is 28.8 Å². The van der Waals surface area contributed by atoms with Crippen molar-refractivity contribution in [2.75, 3.05) is 0 Å². The van der Waals surface area contributed by atoms with Gasteiger partial charge in [0.1, 0.15) is 24.1 Å². The number of nitrogens with two attached hydrogens (primary N) is 1. The zero-order valence-corrected chi connectivity index (χ0v) is 19.9. The topological polar surface area (TPSA) is 148 Å². The van der Waals surface area contributed by atoms with Crippen LogP contribution < -0.4 is 5.73 Å². The summed E-state index contributed by atoms with van der Waals surface area (Å²) in [6, 6.07) is 8.29. The number of aromatic nitrogens is 3. The van der Waals surface area contributed by atoms with Crippen molar-refractivity contribution in [2.24, 2.45) is 17.1 Å². The van der Waals surface area contributed by atoms with Crippen LogP contribution in [0.15, 0.2) is 42.6 Å². The van der Waals surface area contributed by atoms with E-state index in [0.29, 0.717) is 23.0 Å². The summed E-state index contributed by atoms with van der Waals surface area (Å²) in [5, 5.41) is 14.8. The zero-order valence-electron chi connectivity index (χ0n) is 19.9. The van der Waals surface area contributed by atoms with Crippen LogP contribution in [0.5, 0.6) is 0 Å². The lowest BCUT2D eigenvalue weighted by molar-refractivity contribution is -0.154. The van der Waals surface area contributed by atoms with Crippen LogP contribution in [0.3, 0.4) is 0 Å². The highest BCUT2D eigenvalue weighted by atomic mass is 19.1. The Labute approximate surface area is 210 Å². The van der Waals surface area contributed by atoms with Crippen molar-refractivity contribution >= 4 is 34.6 Å². The molecule has 2 amide bonds. The Kier molecular flexibility index (Phi) is 4.82. The largest absolute Gasteiger partial charge is 0.480 e. The van der Waals surface area contributed by atoms with Crippen molar-refractivity contribution in [1.29, 1.82) is 0 Å². The Balaban J connectivity index is 1.41. The number of nitrogens with zero attached hydrogens (tertiary/aromatic N) is 4. The van der Waals surface area contributed by atoms with Gasteiger partial charge in [0.05, 0.1) is 16.3 Å². The number of carboxylic acid groups (broad SMARTS) is 1. The molecular formula is C26H24FN5O5. The van der Waals surface area contributed by atoms with Gasteiger partial charge in [-0.3, -0.25) is 14.4 Å². The Hall–Kier alpha value is -4.15. The SMILES string of the molecule is CC(=O)c1nn(CC(=O)N2[C@H](C(=O)O)C[C@H]3C[C@@]32[C@]2(C(N)=O)C[C@H]2c2ccccc2F)c2ncccc12. The standard InChI is InChI=1S/C26H24FN5O5/c1-13(33)21-16-6-4-8-29-22(16)31(30-21)12-20(34)32-19(23(35)36)9-14-10-26(14,32)25(24(28)37)11-17(25)15-5-2-3-7-18(15)27/h2-8,14,17,19H,9-12H2,1H3,(H2,28,37)(H,35,36)/t14-,17-,19-,25+,26-/m0/s1. The Morgan fingerprint density at radius 1 is 1.16 bits per heavy atom. The van der Waals surface area contributed by atoms with Gasteiger partial charge in [0.2, 0.25) is 11.8 Å². The number of pyridine rings is 1. The number of primary amides is 1. The van der Waals surface area contributed by atoms with Gasteiger partial charge in [-0.25, -0.2) is 18.9 Å². The summed E-state index contributed by atoms with van der Waals surface area (Å²) in [7, 11) is 0. The molecule has 6 rings (SSSR count). The summed E-state index contributed by atoms with van der Waals surface area (Å²) in [6.45, 7) is 0.983. The lowest BCUT2D eigenvalue weighted by Gasteiger charge is -2.37. The lowest BCUT2D eigenvalue weighted by Crippen LogP contribution is -2.56. The molecule has 11 heteroatoms. The van der Waals surface area contributed by atoms with Gasteiger partial charge in [0.15, 0.2) is 11.4 Å². The number of carbonyl (C=O) groups excluding carboxylic acids is 3. The molecule has 0 radical (unpaired) electrons. The first-order chi connectivity index (χ1) is 17.6. The minimum Gasteiger partial charge on any atom is -0.480 e. The number of hydrogen-bond acceptors (Lipinski definition) is 6. The second-order valence-electron chi connectivity index (χ2n) is 10.2. The van der Waals surface area contributed by atoms with Crippen LogP contribution >= 0.6 is 0 Å². The minimum absolute atomic E-state index is 0.154. The van der Waals surface area contributed by atoms with Gasteiger partial charge >= 0.3 is 5.97 Å². The number of carboxylic acids is 1. The lowest BCUT2D eigenvalue weighted by atomic mass is 9.85. The summed E-state index contributed by atoms with van der Waals surface area (Å²) >= 11 is 0. The number of halogens is 1. The monoisotopic (exact) mass is 505 g/mol. The third-order valence-electron chi connectivity index (χ3n) is 8.46. The summed E-state index contributed by atoms with van der Waals surface area (Å²) < 4.78 is 16.0. The van der Waals surface area contributed by atoms with Gasteiger partial charge in [-0.2, -0.15) is 5.10 Å². The van der Waals surface area contributed by atoms with E-state index in [9.17, 15) is 28.7 Å². The molecule has 2 aromatic heterocycles. The molecule has 1 aliphatic heterocycles. The van der Waals surface area contributed by atoms with E-state index in [0.717, 1.165) is 0 Å². The van der Waals surface area contributed by atoms with Crippen LogP contribution in [0.1, 0.15) is 48.2 Å². The molecule has 1 saturated heterocycles. The van der Waals surface area contributed by atoms with Crippen LogP contribution in [0, 0.1) is 17.2 Å². The fraction of sp³-hybridized carbons (Fsp3) is 0.385. The van der Waals surface area contributed by atoms with Crippen LogP contribution in [0.2, 0.25) is 0 Å². The van der Waals surface area contributed by atoms with Gasteiger partial charge in [-0.1, -0.05) is 18.2 Å². The van der Waals surface area contributed by atoms with E-state index in [-0.39, 0.29) is 36.8 Å². The number of hydrogen-bond donors (Lipinski definition) is 2. The first-order valence-electron chi connectivity index (χ1n) is 12.0. The van der Waals surface area contributed by atoms with E-state index in [2.05, 4.69) is 10.1 Å². The van der Waals surface area contributed by atoms with Gasteiger partial charge < -0.3 is 15.7 Å². The van der Waals surface area contributed by atoms with Crippen molar-refractivity contribution in [3.8, 4) is 0 Å². The molecule has 2 aliphatic carbocycles. The molecule has 0 bridgehead atoms. The first-order valence-corrected chi connectivity index (χ1v) is 12.0. The Bertz CT molecular complexity index is 1520. The molecule has 190 valence electrons. The van der Waals surface area contributed by atoms with Crippen molar-refractivity contribution in [2.45, 2.75) is 50.2 Å². The highest BCUT2D eigenvalue weighted by Gasteiger charge is 2.85. The fourth-order valence-corrected chi connectivity index (χ4v) is 6.86. The predicted octanol–water partition coefficient (Wildman–Crippen LogP) is 1.88. The van der Waals surface area contributed by atoms with E-state index in [1.807, 2.05) is 0 Å². The zero-order chi connectivity index (χ0) is 26.3. The van der Waals surface area contributed by atoms with Crippen LogP contribution in [-0.4, -0.2) is 59.9 Å². The van der Waals surface area contributed by atoms with Gasteiger partial charge in [-0.05, 0) is 48.9 Å². The summed E-state index contributed by atoms with van der Waals surface area (Å²) in [5.74, 6) is -4.01. The molecule has 3 aliphatic rings. The third kappa shape index (κ3) is 3.03. The molecule has 2 saturated carbocycles. The molecule has 3 heterocycles. The van der Waals surface area contributed by atoms with E-state index < -0.39 is 46.5 Å². The number of amides is 2. The number of fused-ring (bicyclic) bond motifs is 2. The fourth-order valence-electron chi connectivity index (χ4n) is 6.86. The van der Waals surface area contributed by atoms with Gasteiger partial charge in [0, 0.05) is 19.0 Å². The average Bonchev–Trinajstić information content (AvgIpc) is 3.71. The van der Waals surface area contributed by atoms with Crippen LogP contribution in [0.4, 0.5) is 4.39 Å². The Morgan fingerprint density at radius 2 is 1.92 bits per heavy atom.